The monoisotopic (exact) mass is 311 g/mol. The second-order valence-electron chi connectivity index (χ2n) is 3.21. The van der Waals surface area contributed by atoms with Crippen molar-refractivity contribution in [1.82, 2.24) is 14.9 Å². The number of aromatic hydroxyl groups is 1. The first-order valence-electron chi connectivity index (χ1n) is 4.64. The minimum Gasteiger partial charge on any atom is -0.502 e. The Morgan fingerprint density at radius 3 is 2.72 bits per heavy atom. The lowest BCUT2D eigenvalue weighted by atomic mass is 10.2. The van der Waals surface area contributed by atoms with Gasteiger partial charge in [0.05, 0.1) is 11.1 Å². The van der Waals surface area contributed by atoms with E-state index in [0.717, 1.165) is 0 Å². The number of hydrogen-bond acceptors (Lipinski definition) is 6. The average molecular weight is 312 g/mol. The van der Waals surface area contributed by atoms with Crippen LogP contribution in [0.4, 0.5) is 5.69 Å². The predicted octanol–water partition coefficient (Wildman–Crippen LogP) is 1.54. The van der Waals surface area contributed by atoms with E-state index in [1.807, 2.05) is 0 Å². The second kappa shape index (κ2) is 4.92. The van der Waals surface area contributed by atoms with Gasteiger partial charge in [0.1, 0.15) is 12.7 Å². The number of nitro groups is 1. The molecule has 1 heterocycles. The number of benzene rings is 1. The van der Waals surface area contributed by atoms with E-state index in [1.54, 1.807) is 0 Å². The van der Waals surface area contributed by atoms with E-state index in [2.05, 4.69) is 31.2 Å². The Morgan fingerprint density at radius 1 is 1.44 bits per heavy atom. The van der Waals surface area contributed by atoms with Crippen molar-refractivity contribution >= 4 is 27.8 Å². The zero-order chi connectivity index (χ0) is 13.1. The molecule has 0 aliphatic rings. The number of halogens is 1. The molecule has 18 heavy (non-hydrogen) atoms. The maximum Gasteiger partial charge on any atom is 0.312 e. The number of rotatable bonds is 3. The Bertz CT molecular complexity index is 611. The van der Waals surface area contributed by atoms with Gasteiger partial charge in [-0.1, -0.05) is 15.9 Å². The van der Waals surface area contributed by atoms with Crippen LogP contribution < -0.4 is 0 Å². The smallest absolute Gasteiger partial charge is 0.312 e. The van der Waals surface area contributed by atoms with Gasteiger partial charge in [-0.15, -0.1) is 10.2 Å². The Morgan fingerprint density at radius 2 is 2.11 bits per heavy atom. The Labute approximate surface area is 109 Å². The van der Waals surface area contributed by atoms with Crippen LogP contribution in [0.3, 0.4) is 0 Å². The van der Waals surface area contributed by atoms with Crippen molar-refractivity contribution in [1.29, 1.82) is 0 Å². The molecule has 1 aromatic heterocycles. The summed E-state index contributed by atoms with van der Waals surface area (Å²) in [4.78, 5) is 10.0. The molecule has 0 bridgehead atoms. The van der Waals surface area contributed by atoms with Crippen molar-refractivity contribution in [3.63, 3.8) is 0 Å². The molecule has 0 saturated heterocycles. The molecule has 0 amide bonds. The van der Waals surface area contributed by atoms with Crippen molar-refractivity contribution in [3.8, 4) is 5.75 Å². The molecular formula is C9H6BrN5O3. The minimum absolute atomic E-state index is 0.213. The van der Waals surface area contributed by atoms with Gasteiger partial charge in [-0.3, -0.25) is 10.1 Å². The number of nitrogens with zero attached hydrogens (tertiary/aromatic N) is 5. The normalized spacial score (nSPS) is 10.9. The lowest BCUT2D eigenvalue weighted by Crippen LogP contribution is -1.94. The quantitative estimate of drug-likeness (QED) is 0.525. The molecule has 0 aliphatic carbocycles. The lowest BCUT2D eigenvalue weighted by molar-refractivity contribution is -0.385. The first-order valence-corrected chi connectivity index (χ1v) is 5.43. The van der Waals surface area contributed by atoms with Gasteiger partial charge in [-0.05, 0) is 6.07 Å². The van der Waals surface area contributed by atoms with Crippen molar-refractivity contribution in [3.05, 3.63) is 44.9 Å². The van der Waals surface area contributed by atoms with E-state index in [9.17, 15) is 15.2 Å². The summed E-state index contributed by atoms with van der Waals surface area (Å²) in [6.07, 6.45) is 3.97. The van der Waals surface area contributed by atoms with Gasteiger partial charge >= 0.3 is 5.69 Å². The Hall–Kier alpha value is -2.29. The van der Waals surface area contributed by atoms with Gasteiger partial charge < -0.3 is 5.11 Å². The molecule has 2 aromatic rings. The number of hydrogen-bond donors (Lipinski definition) is 1. The summed E-state index contributed by atoms with van der Waals surface area (Å²) in [5, 5.41) is 31.4. The topological polar surface area (TPSA) is 106 Å². The second-order valence-corrected chi connectivity index (χ2v) is 4.12. The van der Waals surface area contributed by atoms with E-state index in [-0.39, 0.29) is 5.56 Å². The average Bonchev–Trinajstić information content (AvgIpc) is 2.82. The van der Waals surface area contributed by atoms with Gasteiger partial charge in [0.2, 0.25) is 5.75 Å². The fourth-order valence-electron chi connectivity index (χ4n) is 1.23. The van der Waals surface area contributed by atoms with Crippen molar-refractivity contribution in [2.24, 2.45) is 5.10 Å². The molecule has 0 fully saturated rings. The van der Waals surface area contributed by atoms with Crippen LogP contribution in [-0.4, -0.2) is 31.1 Å². The largest absolute Gasteiger partial charge is 0.502 e. The highest BCUT2D eigenvalue weighted by Gasteiger charge is 2.17. The van der Waals surface area contributed by atoms with Crippen molar-refractivity contribution in [2.75, 3.05) is 0 Å². The Kier molecular flexibility index (Phi) is 3.33. The van der Waals surface area contributed by atoms with Crippen molar-refractivity contribution < 1.29 is 10.0 Å². The number of aromatic nitrogens is 3. The molecule has 8 nitrogen and oxygen atoms in total. The number of phenolic OH excluding ortho intramolecular Hbond substituents is 1. The fourth-order valence-corrected chi connectivity index (χ4v) is 1.69. The summed E-state index contributed by atoms with van der Waals surface area (Å²) in [6, 6.07) is 2.72. The SMILES string of the molecule is O=[N+]([O-])c1cc(Br)cc(/C=N/n2cnnc2)c1O. The van der Waals surface area contributed by atoms with Gasteiger partial charge in [0.25, 0.3) is 0 Å². The van der Waals surface area contributed by atoms with Crippen LogP contribution in [0.1, 0.15) is 5.56 Å². The molecule has 1 N–H and O–H groups in total. The van der Waals surface area contributed by atoms with Crippen LogP contribution in [0.15, 0.2) is 34.4 Å². The van der Waals surface area contributed by atoms with Gasteiger partial charge in [-0.25, -0.2) is 4.68 Å². The number of nitro benzene ring substituents is 1. The van der Waals surface area contributed by atoms with Crippen LogP contribution >= 0.6 is 15.9 Å². The van der Waals surface area contributed by atoms with E-state index >= 15 is 0 Å². The van der Waals surface area contributed by atoms with E-state index in [1.165, 1.54) is 35.7 Å². The highest BCUT2D eigenvalue weighted by atomic mass is 79.9. The first-order chi connectivity index (χ1) is 8.58. The summed E-state index contributed by atoms with van der Waals surface area (Å²) >= 11 is 3.13. The molecule has 2 rings (SSSR count). The van der Waals surface area contributed by atoms with Crippen LogP contribution in [0, 0.1) is 10.1 Å². The standard InChI is InChI=1S/C9H6BrN5O3/c10-7-1-6(3-13-14-4-11-12-5-14)9(16)8(2-7)15(17)18/h1-5,16H/b13-3+. The highest BCUT2D eigenvalue weighted by molar-refractivity contribution is 9.10. The minimum atomic E-state index is -0.670. The molecule has 0 unspecified atom stereocenters. The van der Waals surface area contributed by atoms with E-state index in [0.29, 0.717) is 4.47 Å². The van der Waals surface area contributed by atoms with E-state index in [4.69, 9.17) is 0 Å². The summed E-state index contributed by atoms with van der Waals surface area (Å²) in [6.45, 7) is 0. The maximum absolute atomic E-state index is 10.7. The fraction of sp³-hybridized carbons (Fsp3) is 0. The summed E-state index contributed by atoms with van der Waals surface area (Å²) in [7, 11) is 0. The molecule has 0 radical (unpaired) electrons. The van der Waals surface area contributed by atoms with Crippen LogP contribution in [0.2, 0.25) is 0 Å². The third-order valence-electron chi connectivity index (χ3n) is 2.02. The highest BCUT2D eigenvalue weighted by Crippen LogP contribution is 2.32. The predicted molar refractivity (Wildman–Crippen MR) is 65.5 cm³/mol. The van der Waals surface area contributed by atoms with Crippen LogP contribution in [0.5, 0.6) is 5.75 Å². The molecular weight excluding hydrogens is 306 g/mol. The molecule has 0 atom stereocenters. The summed E-state index contributed by atoms with van der Waals surface area (Å²) in [5.41, 5.74) is -0.181. The zero-order valence-corrected chi connectivity index (χ0v) is 10.4. The maximum atomic E-state index is 10.7. The van der Waals surface area contributed by atoms with Crippen LogP contribution in [-0.2, 0) is 0 Å². The third-order valence-corrected chi connectivity index (χ3v) is 2.48. The summed E-state index contributed by atoms with van der Waals surface area (Å²) < 4.78 is 1.77. The first kappa shape index (κ1) is 12.2. The van der Waals surface area contributed by atoms with Crippen LogP contribution in [0.25, 0.3) is 0 Å². The Balaban J connectivity index is 2.42. The number of phenols is 1. The van der Waals surface area contributed by atoms with Gasteiger partial charge in [0.15, 0.2) is 0 Å². The molecule has 0 aliphatic heterocycles. The molecule has 9 heteroatoms. The van der Waals surface area contributed by atoms with Crippen molar-refractivity contribution in [2.45, 2.75) is 0 Å². The molecule has 0 saturated carbocycles. The zero-order valence-electron chi connectivity index (χ0n) is 8.76. The van der Waals surface area contributed by atoms with Gasteiger partial charge in [-0.2, -0.15) is 5.10 Å². The summed E-state index contributed by atoms with van der Waals surface area (Å²) in [5.74, 6) is -0.444. The molecule has 0 spiro atoms. The lowest BCUT2D eigenvalue weighted by Gasteiger charge is -2.01. The van der Waals surface area contributed by atoms with E-state index < -0.39 is 16.4 Å². The third kappa shape index (κ3) is 2.51. The van der Waals surface area contributed by atoms with Gasteiger partial charge in [0, 0.05) is 16.1 Å². The molecule has 1 aromatic carbocycles. The molecule has 92 valence electrons.